The van der Waals surface area contributed by atoms with Crippen molar-refractivity contribution in [3.8, 4) is 0 Å². The van der Waals surface area contributed by atoms with Crippen LogP contribution in [0, 0.1) is 11.7 Å². The number of nitrogens with one attached hydrogen (secondary N) is 1. The Labute approximate surface area is 135 Å². The fourth-order valence-corrected chi connectivity index (χ4v) is 3.03. The van der Waals surface area contributed by atoms with Crippen LogP contribution in [-0.2, 0) is 4.79 Å². The maximum Gasteiger partial charge on any atom is 0.228 e. The van der Waals surface area contributed by atoms with Crippen molar-refractivity contribution in [3.63, 3.8) is 0 Å². The third-order valence-electron chi connectivity index (χ3n) is 3.62. The lowest BCUT2D eigenvalue weighted by atomic mass is 10.1. The average molecular weight is 369 g/mol. The first-order valence-electron chi connectivity index (χ1n) is 6.56. The van der Waals surface area contributed by atoms with Gasteiger partial charge in [0.2, 0.25) is 5.91 Å². The minimum absolute atomic E-state index is 0.122. The van der Waals surface area contributed by atoms with E-state index in [0.717, 1.165) is 12.0 Å². The molecule has 2 aromatic carbocycles. The number of amides is 1. The molecule has 1 aliphatic carbocycles. The van der Waals surface area contributed by atoms with Crippen molar-refractivity contribution < 1.29 is 9.18 Å². The number of carbonyl (C=O) groups is 1. The molecule has 1 fully saturated rings. The van der Waals surface area contributed by atoms with Crippen LogP contribution in [0.3, 0.4) is 0 Å². The Morgan fingerprint density at radius 3 is 2.76 bits per heavy atom. The molecule has 0 radical (unpaired) electrons. The van der Waals surface area contributed by atoms with Crippen LogP contribution in [0.5, 0.6) is 0 Å². The maximum atomic E-state index is 13.7. The quantitative estimate of drug-likeness (QED) is 0.813. The number of hydrogen-bond donors (Lipinski definition) is 1. The summed E-state index contributed by atoms with van der Waals surface area (Å²) in [4.78, 5) is 12.2. The lowest BCUT2D eigenvalue weighted by Gasteiger charge is -2.07. The third-order valence-corrected chi connectivity index (χ3v) is 4.46. The molecule has 2 aromatic rings. The number of hydrogen-bond acceptors (Lipinski definition) is 1. The van der Waals surface area contributed by atoms with Crippen LogP contribution in [0.4, 0.5) is 10.1 Å². The summed E-state index contributed by atoms with van der Waals surface area (Å²) in [6.07, 6.45) is 0.744. The van der Waals surface area contributed by atoms with E-state index in [0.29, 0.717) is 9.50 Å². The molecule has 108 valence electrons. The van der Waals surface area contributed by atoms with E-state index in [-0.39, 0.29) is 23.4 Å². The van der Waals surface area contributed by atoms with Crippen molar-refractivity contribution in [2.45, 2.75) is 12.3 Å². The molecule has 0 spiro atoms. The monoisotopic (exact) mass is 367 g/mol. The van der Waals surface area contributed by atoms with E-state index in [1.807, 2.05) is 24.3 Å². The van der Waals surface area contributed by atoms with Gasteiger partial charge in [-0.05, 0) is 42.2 Å². The van der Waals surface area contributed by atoms with Crippen LogP contribution >= 0.6 is 27.5 Å². The Balaban J connectivity index is 1.70. The van der Waals surface area contributed by atoms with Crippen LogP contribution in [0.2, 0.25) is 5.02 Å². The normalized spacial score (nSPS) is 20.1. The molecule has 2 atom stereocenters. The highest BCUT2D eigenvalue weighted by Crippen LogP contribution is 2.50. The average Bonchev–Trinajstić information content (AvgIpc) is 3.23. The lowest BCUT2D eigenvalue weighted by Crippen LogP contribution is -2.15. The molecule has 5 heteroatoms. The minimum atomic E-state index is -0.451. The lowest BCUT2D eigenvalue weighted by molar-refractivity contribution is -0.117. The van der Waals surface area contributed by atoms with E-state index < -0.39 is 5.82 Å². The second-order valence-corrected chi connectivity index (χ2v) is 6.41. The first kappa shape index (κ1) is 14.5. The van der Waals surface area contributed by atoms with Gasteiger partial charge < -0.3 is 5.32 Å². The topological polar surface area (TPSA) is 29.1 Å². The summed E-state index contributed by atoms with van der Waals surface area (Å²) in [6.45, 7) is 0. The van der Waals surface area contributed by atoms with Crippen molar-refractivity contribution in [2.75, 3.05) is 5.32 Å². The summed E-state index contributed by atoms with van der Waals surface area (Å²) < 4.78 is 14.4. The Bertz CT molecular complexity index is 706. The van der Waals surface area contributed by atoms with E-state index in [1.54, 1.807) is 12.1 Å². The molecule has 0 aliphatic heterocycles. The van der Waals surface area contributed by atoms with Crippen molar-refractivity contribution in [2.24, 2.45) is 5.92 Å². The Morgan fingerprint density at radius 2 is 2.05 bits per heavy atom. The molecule has 3 rings (SSSR count). The minimum Gasteiger partial charge on any atom is -0.323 e. The zero-order chi connectivity index (χ0) is 15.0. The molecule has 0 saturated heterocycles. The summed E-state index contributed by atoms with van der Waals surface area (Å²) in [7, 11) is 0. The van der Waals surface area contributed by atoms with E-state index >= 15 is 0 Å². The number of halogens is 3. The summed E-state index contributed by atoms with van der Waals surface area (Å²) in [5, 5.41) is 3.31. The van der Waals surface area contributed by atoms with E-state index in [1.165, 1.54) is 6.07 Å². The molecular formula is C16H12BrClFNO. The van der Waals surface area contributed by atoms with E-state index in [4.69, 9.17) is 11.6 Å². The van der Waals surface area contributed by atoms with Crippen molar-refractivity contribution in [1.29, 1.82) is 0 Å². The van der Waals surface area contributed by atoms with Gasteiger partial charge in [-0.2, -0.15) is 0 Å². The van der Waals surface area contributed by atoms with Gasteiger partial charge in [0.1, 0.15) is 5.82 Å². The van der Waals surface area contributed by atoms with Crippen LogP contribution in [-0.4, -0.2) is 5.91 Å². The molecular weight excluding hydrogens is 357 g/mol. The molecule has 1 saturated carbocycles. The number of carbonyl (C=O) groups excluding carboxylic acids is 1. The molecule has 21 heavy (non-hydrogen) atoms. The van der Waals surface area contributed by atoms with Gasteiger partial charge >= 0.3 is 0 Å². The number of rotatable bonds is 3. The van der Waals surface area contributed by atoms with E-state index in [2.05, 4.69) is 21.2 Å². The molecule has 1 amide bonds. The van der Waals surface area contributed by atoms with Crippen LogP contribution in [0.15, 0.2) is 46.9 Å². The highest BCUT2D eigenvalue weighted by atomic mass is 79.9. The van der Waals surface area contributed by atoms with Gasteiger partial charge in [0.15, 0.2) is 0 Å². The summed E-state index contributed by atoms with van der Waals surface area (Å²) in [5.74, 6) is -0.640. The van der Waals surface area contributed by atoms with Gasteiger partial charge in [-0.3, -0.25) is 4.79 Å². The van der Waals surface area contributed by atoms with Crippen LogP contribution in [0.25, 0.3) is 0 Å². The Hall–Kier alpha value is -1.39. The summed E-state index contributed by atoms with van der Waals surface area (Å²) in [5.41, 5.74) is 1.18. The zero-order valence-electron chi connectivity index (χ0n) is 10.9. The summed E-state index contributed by atoms with van der Waals surface area (Å²) >= 11 is 9.32. The van der Waals surface area contributed by atoms with Crippen LogP contribution < -0.4 is 5.32 Å². The standard InChI is InChI=1S/C16H12BrClFNO/c17-9-5-6-15(14(19)7-9)20-16(21)12-8-11(12)10-3-1-2-4-13(10)18/h1-7,11-12H,8H2,(H,20,21). The van der Waals surface area contributed by atoms with E-state index in [9.17, 15) is 9.18 Å². The molecule has 2 nitrogen and oxygen atoms in total. The predicted molar refractivity (Wildman–Crippen MR) is 85.0 cm³/mol. The van der Waals surface area contributed by atoms with Gasteiger partial charge in [-0.1, -0.05) is 45.7 Å². The van der Waals surface area contributed by atoms with Gasteiger partial charge in [-0.15, -0.1) is 0 Å². The van der Waals surface area contributed by atoms with Gasteiger partial charge in [0.25, 0.3) is 0 Å². The Morgan fingerprint density at radius 1 is 1.29 bits per heavy atom. The van der Waals surface area contributed by atoms with Crippen LogP contribution in [0.1, 0.15) is 17.9 Å². The molecule has 2 unspecified atom stereocenters. The van der Waals surface area contributed by atoms with Gasteiger partial charge in [-0.25, -0.2) is 4.39 Å². The molecule has 1 aliphatic rings. The van der Waals surface area contributed by atoms with Crippen molar-refractivity contribution in [1.82, 2.24) is 0 Å². The highest BCUT2D eigenvalue weighted by Gasteiger charge is 2.44. The van der Waals surface area contributed by atoms with Gasteiger partial charge in [0.05, 0.1) is 5.69 Å². The number of anilines is 1. The second-order valence-electron chi connectivity index (χ2n) is 5.08. The SMILES string of the molecule is O=C(Nc1ccc(Br)cc1F)C1CC1c1ccccc1Cl. The first-order valence-corrected chi connectivity index (χ1v) is 7.73. The predicted octanol–water partition coefficient (Wildman–Crippen LogP) is 4.98. The smallest absolute Gasteiger partial charge is 0.228 e. The Kier molecular flexibility index (Phi) is 4.00. The molecule has 0 heterocycles. The second kappa shape index (κ2) is 5.78. The van der Waals surface area contributed by atoms with Gasteiger partial charge in [0, 0.05) is 15.4 Å². The largest absolute Gasteiger partial charge is 0.323 e. The summed E-state index contributed by atoms with van der Waals surface area (Å²) in [6, 6.07) is 12.1. The zero-order valence-corrected chi connectivity index (χ0v) is 13.3. The van der Waals surface area contributed by atoms with Crippen molar-refractivity contribution >= 4 is 39.1 Å². The maximum absolute atomic E-state index is 13.7. The number of benzene rings is 2. The third kappa shape index (κ3) is 3.11. The molecule has 0 bridgehead atoms. The fraction of sp³-hybridized carbons (Fsp3) is 0.188. The first-order chi connectivity index (χ1) is 10.1. The van der Waals surface area contributed by atoms with Crippen molar-refractivity contribution in [3.05, 3.63) is 63.3 Å². The fourth-order valence-electron chi connectivity index (χ4n) is 2.42. The highest BCUT2D eigenvalue weighted by molar-refractivity contribution is 9.10. The molecule has 0 aromatic heterocycles. The molecule has 1 N–H and O–H groups in total.